The normalized spacial score (nSPS) is 11.3. The lowest BCUT2D eigenvalue weighted by atomic mass is 10.2. The fourth-order valence-electron chi connectivity index (χ4n) is 1.06. The molecule has 2 heteroatoms. The van der Waals surface area contributed by atoms with E-state index in [4.69, 9.17) is 0 Å². The summed E-state index contributed by atoms with van der Waals surface area (Å²) in [6, 6.07) is 0. The molecule has 0 aromatic rings. The Kier molecular flexibility index (Phi) is 9.28. The number of hydrogen-bond acceptors (Lipinski definition) is 2. The van der Waals surface area contributed by atoms with Crippen molar-refractivity contribution in [3.8, 4) is 0 Å². The molecule has 14 heavy (non-hydrogen) atoms. The molecule has 0 unspecified atom stereocenters. The molecule has 0 aliphatic carbocycles. The van der Waals surface area contributed by atoms with Gasteiger partial charge < -0.3 is 4.74 Å². The predicted octanol–water partition coefficient (Wildman–Crippen LogP) is 3.24. The summed E-state index contributed by atoms with van der Waals surface area (Å²) in [5, 5.41) is 0. The molecule has 0 spiro atoms. The first kappa shape index (κ1) is 12.9. The van der Waals surface area contributed by atoms with E-state index in [0.29, 0.717) is 6.42 Å². The van der Waals surface area contributed by atoms with E-state index in [2.05, 4.69) is 23.0 Å². The van der Waals surface area contributed by atoms with Crippen molar-refractivity contribution < 1.29 is 9.53 Å². The van der Waals surface area contributed by atoms with Gasteiger partial charge in [0.2, 0.25) is 0 Å². The molecule has 0 aliphatic rings. The molecule has 2 nitrogen and oxygen atoms in total. The number of unbranched alkanes of at least 4 members (excludes halogenated alkanes) is 2. The summed E-state index contributed by atoms with van der Waals surface area (Å²) in [6.07, 6.45) is 13.0. The zero-order valence-electron chi connectivity index (χ0n) is 9.16. The van der Waals surface area contributed by atoms with Gasteiger partial charge in [-0.15, -0.1) is 0 Å². The highest BCUT2D eigenvalue weighted by Gasteiger charge is 1.97. The van der Waals surface area contributed by atoms with Crippen LogP contribution < -0.4 is 0 Å². The Hall–Kier alpha value is -1.05. The summed E-state index contributed by atoms with van der Waals surface area (Å²) >= 11 is 0. The van der Waals surface area contributed by atoms with Crippen molar-refractivity contribution in [3.05, 3.63) is 24.3 Å². The van der Waals surface area contributed by atoms with Crippen LogP contribution in [-0.2, 0) is 9.53 Å². The SMILES string of the molecule is C/C=C/C/C=C/CCCCC(=O)OC. The third-order valence-electron chi connectivity index (χ3n) is 1.90. The van der Waals surface area contributed by atoms with Gasteiger partial charge in [-0.2, -0.15) is 0 Å². The van der Waals surface area contributed by atoms with Crippen LogP contribution in [0.15, 0.2) is 24.3 Å². The van der Waals surface area contributed by atoms with E-state index < -0.39 is 0 Å². The second-order valence-electron chi connectivity index (χ2n) is 3.10. The van der Waals surface area contributed by atoms with Gasteiger partial charge in [-0.1, -0.05) is 24.3 Å². The molecule has 0 aromatic carbocycles. The van der Waals surface area contributed by atoms with Gasteiger partial charge in [-0.05, 0) is 32.6 Å². The maximum Gasteiger partial charge on any atom is 0.305 e. The van der Waals surface area contributed by atoms with Gasteiger partial charge in [-0.3, -0.25) is 4.79 Å². The molecule has 0 aromatic heterocycles. The van der Waals surface area contributed by atoms with E-state index in [1.807, 2.05) is 13.0 Å². The van der Waals surface area contributed by atoms with E-state index in [1.54, 1.807) is 0 Å². The summed E-state index contributed by atoms with van der Waals surface area (Å²) in [4.78, 5) is 10.7. The summed E-state index contributed by atoms with van der Waals surface area (Å²) < 4.78 is 4.54. The number of hydrogen-bond donors (Lipinski definition) is 0. The Bertz CT molecular complexity index is 192. The van der Waals surface area contributed by atoms with Crippen molar-refractivity contribution >= 4 is 5.97 Å². The van der Waals surface area contributed by atoms with E-state index in [9.17, 15) is 4.79 Å². The maximum absolute atomic E-state index is 10.7. The number of esters is 1. The molecule has 0 saturated carbocycles. The van der Waals surface area contributed by atoms with Crippen LogP contribution in [0.5, 0.6) is 0 Å². The Balaban J connectivity index is 3.20. The molecule has 0 N–H and O–H groups in total. The molecular weight excluding hydrogens is 176 g/mol. The minimum Gasteiger partial charge on any atom is -0.469 e. The summed E-state index contributed by atoms with van der Waals surface area (Å²) in [5.41, 5.74) is 0. The van der Waals surface area contributed by atoms with Crippen molar-refractivity contribution in [2.24, 2.45) is 0 Å². The summed E-state index contributed by atoms with van der Waals surface area (Å²) in [7, 11) is 1.43. The van der Waals surface area contributed by atoms with E-state index >= 15 is 0 Å². The number of carbonyl (C=O) groups is 1. The van der Waals surface area contributed by atoms with Gasteiger partial charge in [0.25, 0.3) is 0 Å². The highest BCUT2D eigenvalue weighted by Crippen LogP contribution is 2.02. The van der Waals surface area contributed by atoms with Crippen molar-refractivity contribution in [2.75, 3.05) is 7.11 Å². The molecule has 0 bridgehead atoms. The molecule has 0 aliphatic heterocycles. The van der Waals surface area contributed by atoms with Gasteiger partial charge in [0.05, 0.1) is 7.11 Å². The van der Waals surface area contributed by atoms with Crippen LogP contribution in [0.3, 0.4) is 0 Å². The van der Waals surface area contributed by atoms with Crippen LogP contribution in [-0.4, -0.2) is 13.1 Å². The topological polar surface area (TPSA) is 26.3 Å². The molecular formula is C12H20O2. The third-order valence-corrected chi connectivity index (χ3v) is 1.90. The number of carbonyl (C=O) groups excluding carboxylic acids is 1. The summed E-state index contributed by atoms with van der Waals surface area (Å²) in [5.74, 6) is -0.108. The van der Waals surface area contributed by atoms with Gasteiger partial charge in [0, 0.05) is 6.42 Å². The zero-order valence-corrected chi connectivity index (χ0v) is 9.16. The fraction of sp³-hybridized carbons (Fsp3) is 0.583. The van der Waals surface area contributed by atoms with Crippen molar-refractivity contribution in [1.29, 1.82) is 0 Å². The maximum atomic E-state index is 10.7. The average molecular weight is 196 g/mol. The molecule has 80 valence electrons. The van der Waals surface area contributed by atoms with Crippen LogP contribution in [0.25, 0.3) is 0 Å². The van der Waals surface area contributed by atoms with E-state index in [1.165, 1.54) is 7.11 Å². The molecule has 0 atom stereocenters. The van der Waals surface area contributed by atoms with Crippen molar-refractivity contribution in [3.63, 3.8) is 0 Å². The van der Waals surface area contributed by atoms with Crippen LogP contribution in [0, 0.1) is 0 Å². The number of ether oxygens (including phenoxy) is 1. The highest BCUT2D eigenvalue weighted by atomic mass is 16.5. The van der Waals surface area contributed by atoms with Gasteiger partial charge in [0.15, 0.2) is 0 Å². The second-order valence-corrected chi connectivity index (χ2v) is 3.10. The van der Waals surface area contributed by atoms with Crippen molar-refractivity contribution in [1.82, 2.24) is 0 Å². The lowest BCUT2D eigenvalue weighted by Crippen LogP contribution is -1.98. The van der Waals surface area contributed by atoms with Crippen LogP contribution in [0.4, 0.5) is 0 Å². The van der Waals surface area contributed by atoms with Crippen LogP contribution >= 0.6 is 0 Å². The summed E-state index contributed by atoms with van der Waals surface area (Å²) in [6.45, 7) is 2.02. The second kappa shape index (κ2) is 10.0. The standard InChI is InChI=1S/C12H20O2/c1-3-4-5-6-7-8-9-10-11-12(13)14-2/h3-4,6-7H,5,8-11H2,1-2H3/b4-3+,7-6+. The van der Waals surface area contributed by atoms with E-state index in [0.717, 1.165) is 25.7 Å². The molecule has 0 radical (unpaired) electrons. The Labute approximate surface area is 86.6 Å². The largest absolute Gasteiger partial charge is 0.469 e. The van der Waals surface area contributed by atoms with Gasteiger partial charge in [-0.25, -0.2) is 0 Å². The van der Waals surface area contributed by atoms with Crippen molar-refractivity contribution in [2.45, 2.75) is 39.0 Å². The Morgan fingerprint density at radius 2 is 2.00 bits per heavy atom. The Morgan fingerprint density at radius 1 is 1.21 bits per heavy atom. The van der Waals surface area contributed by atoms with E-state index in [-0.39, 0.29) is 5.97 Å². The quantitative estimate of drug-likeness (QED) is 0.355. The molecule has 0 fully saturated rings. The van der Waals surface area contributed by atoms with Gasteiger partial charge >= 0.3 is 5.97 Å². The number of methoxy groups -OCH3 is 1. The minimum absolute atomic E-state index is 0.108. The lowest BCUT2D eigenvalue weighted by molar-refractivity contribution is -0.140. The lowest BCUT2D eigenvalue weighted by Gasteiger charge is -1.96. The molecule has 0 amide bonds. The predicted molar refractivity (Wildman–Crippen MR) is 59.1 cm³/mol. The molecule has 0 saturated heterocycles. The highest BCUT2D eigenvalue weighted by molar-refractivity contribution is 5.68. The first-order chi connectivity index (χ1) is 6.81. The average Bonchev–Trinajstić information content (AvgIpc) is 2.21. The van der Waals surface area contributed by atoms with Crippen LogP contribution in [0.2, 0.25) is 0 Å². The zero-order chi connectivity index (χ0) is 10.6. The Morgan fingerprint density at radius 3 is 2.64 bits per heavy atom. The van der Waals surface area contributed by atoms with Gasteiger partial charge in [0.1, 0.15) is 0 Å². The number of rotatable bonds is 7. The minimum atomic E-state index is -0.108. The first-order valence-electron chi connectivity index (χ1n) is 5.14. The molecule has 0 rings (SSSR count). The third kappa shape index (κ3) is 9.04. The first-order valence-corrected chi connectivity index (χ1v) is 5.14. The monoisotopic (exact) mass is 196 g/mol. The van der Waals surface area contributed by atoms with Crippen LogP contribution in [0.1, 0.15) is 39.0 Å². The smallest absolute Gasteiger partial charge is 0.305 e. The molecule has 0 heterocycles. The fourth-order valence-corrected chi connectivity index (χ4v) is 1.06. The number of allylic oxidation sites excluding steroid dienone is 4.